The second kappa shape index (κ2) is 10.4. The molecule has 2 unspecified atom stereocenters. The van der Waals surface area contributed by atoms with Crippen molar-refractivity contribution in [3.63, 3.8) is 0 Å². The summed E-state index contributed by atoms with van der Waals surface area (Å²) in [6, 6.07) is 0. The molecule has 2 aliphatic rings. The number of azo groups is 1. The molecular weight excluding hydrogens is 347 g/mol. The molecule has 140 valence electrons. The summed E-state index contributed by atoms with van der Waals surface area (Å²) in [7, 11) is 0. The normalized spacial score (nSPS) is 25.5. The highest BCUT2D eigenvalue weighted by Gasteiger charge is 2.33. The lowest BCUT2D eigenvalue weighted by Crippen LogP contribution is -2.46. The van der Waals surface area contributed by atoms with Crippen molar-refractivity contribution in [3.8, 4) is 0 Å². The Labute approximate surface area is 158 Å². The summed E-state index contributed by atoms with van der Waals surface area (Å²) in [5.41, 5.74) is -0.737. The van der Waals surface area contributed by atoms with Gasteiger partial charge in [-0.3, -0.25) is 20.6 Å². The molecule has 0 aromatic heterocycles. The molecule has 0 aliphatic carbocycles. The van der Waals surface area contributed by atoms with E-state index in [0.717, 1.165) is 38.8 Å². The zero-order chi connectivity index (χ0) is 16.1. The Bertz CT molecular complexity index is 408. The first kappa shape index (κ1) is 23.4. The van der Waals surface area contributed by atoms with Crippen LogP contribution in [-0.2, 0) is 0 Å². The second-order valence-electron chi connectivity index (χ2n) is 7.17. The van der Waals surface area contributed by atoms with E-state index in [0.29, 0.717) is 0 Å². The summed E-state index contributed by atoms with van der Waals surface area (Å²) in [4.78, 5) is 9.18. The summed E-state index contributed by atoms with van der Waals surface area (Å²) in [6.45, 7) is 10.3. The predicted molar refractivity (Wildman–Crippen MR) is 107 cm³/mol. The zero-order valence-electron chi connectivity index (χ0n) is 15.2. The molecule has 2 atom stereocenters. The molecule has 0 saturated carbocycles. The topological polar surface area (TPSA) is 73.5 Å². The summed E-state index contributed by atoms with van der Waals surface area (Å²) >= 11 is 0. The predicted octanol–water partition coefficient (Wildman–Crippen LogP) is 3.40. The van der Waals surface area contributed by atoms with E-state index in [2.05, 4.69) is 58.5 Å². The fourth-order valence-electron chi connectivity index (χ4n) is 2.56. The lowest BCUT2D eigenvalue weighted by Gasteiger charge is -2.31. The summed E-state index contributed by atoms with van der Waals surface area (Å²) in [5, 5.41) is 16.2. The molecule has 0 aromatic rings. The Morgan fingerprint density at radius 1 is 0.792 bits per heavy atom. The Morgan fingerprint density at radius 3 is 1.54 bits per heavy atom. The van der Waals surface area contributed by atoms with Crippen molar-refractivity contribution < 1.29 is 0 Å². The fraction of sp³-hybridized carbons (Fsp3) is 0.875. The van der Waals surface area contributed by atoms with Crippen LogP contribution in [0.25, 0.3) is 0 Å². The number of hydrogen-bond acceptors (Lipinski definition) is 6. The van der Waals surface area contributed by atoms with Crippen LogP contribution in [-0.4, -0.2) is 48.9 Å². The lowest BCUT2D eigenvalue weighted by molar-refractivity contribution is 0.297. The highest BCUT2D eigenvalue weighted by atomic mass is 35.5. The molecule has 2 aliphatic heterocycles. The van der Waals surface area contributed by atoms with Crippen LogP contribution in [0.1, 0.15) is 53.4 Å². The van der Waals surface area contributed by atoms with E-state index in [4.69, 9.17) is 0 Å². The Kier molecular flexibility index (Phi) is 10.2. The third-order valence-corrected chi connectivity index (χ3v) is 4.11. The Balaban J connectivity index is 0.00000264. The van der Waals surface area contributed by atoms with Crippen LogP contribution in [0.4, 0.5) is 0 Å². The average Bonchev–Trinajstić information content (AvgIpc) is 2.90. The van der Waals surface area contributed by atoms with Gasteiger partial charge in [0.1, 0.15) is 23.4 Å². The fourth-order valence-corrected chi connectivity index (χ4v) is 2.56. The van der Waals surface area contributed by atoms with Crippen LogP contribution in [0.15, 0.2) is 20.2 Å². The van der Waals surface area contributed by atoms with Crippen molar-refractivity contribution >= 4 is 37.2 Å². The zero-order valence-corrected chi connectivity index (χ0v) is 16.8. The van der Waals surface area contributed by atoms with E-state index in [-0.39, 0.29) is 48.2 Å². The lowest BCUT2D eigenvalue weighted by atomic mass is 10.0. The van der Waals surface area contributed by atoms with E-state index >= 15 is 0 Å². The number of nitrogens with zero attached hydrogens (tertiary/aromatic N) is 4. The smallest absolute Gasteiger partial charge is 0.126 e. The largest absolute Gasteiger partial charge is 0.294 e. The van der Waals surface area contributed by atoms with Gasteiger partial charge in [0.2, 0.25) is 0 Å². The molecule has 24 heavy (non-hydrogen) atoms. The maximum absolute atomic E-state index is 4.63. The van der Waals surface area contributed by atoms with Gasteiger partial charge < -0.3 is 0 Å². The van der Waals surface area contributed by atoms with Gasteiger partial charge in [0, 0.05) is 12.4 Å². The number of hydrogen-bond donors (Lipinski definition) is 2. The average molecular weight is 379 g/mol. The van der Waals surface area contributed by atoms with Gasteiger partial charge in [-0.05, 0) is 66.5 Å². The van der Waals surface area contributed by atoms with Gasteiger partial charge in [-0.1, -0.05) is 0 Å². The van der Waals surface area contributed by atoms with Crippen molar-refractivity contribution in [2.45, 2.75) is 76.8 Å². The van der Waals surface area contributed by atoms with Crippen LogP contribution in [0.3, 0.4) is 0 Å². The molecule has 0 spiro atoms. The monoisotopic (exact) mass is 378 g/mol. The van der Waals surface area contributed by atoms with E-state index in [9.17, 15) is 0 Å². The van der Waals surface area contributed by atoms with Gasteiger partial charge in [0.15, 0.2) is 0 Å². The molecule has 2 rings (SSSR count). The summed E-state index contributed by atoms with van der Waals surface area (Å²) in [6.07, 6.45) is 8.29. The highest BCUT2D eigenvalue weighted by molar-refractivity contribution is 5.85. The van der Waals surface area contributed by atoms with Crippen molar-refractivity contribution in [1.29, 1.82) is 0 Å². The van der Waals surface area contributed by atoms with Gasteiger partial charge in [-0.15, -0.1) is 24.8 Å². The standard InChI is InChI=1S/C16H30N6.2ClH/c1-15(2,13-17-9-5-6-10-18-13)21-22-16(3,4)14-19-11-7-8-12-20-14;;/h9,11,13-14,18,20H,5-8,10,12H2,1-4H3;2*1H. The number of rotatable bonds is 4. The maximum Gasteiger partial charge on any atom is 0.126 e. The molecule has 0 fully saturated rings. The van der Waals surface area contributed by atoms with E-state index in [1.807, 2.05) is 12.4 Å². The minimum Gasteiger partial charge on any atom is -0.294 e. The van der Waals surface area contributed by atoms with Gasteiger partial charge in [0.25, 0.3) is 0 Å². The molecule has 8 heteroatoms. The van der Waals surface area contributed by atoms with Gasteiger partial charge in [-0.25, -0.2) is 0 Å². The van der Waals surface area contributed by atoms with Crippen molar-refractivity contribution in [2.24, 2.45) is 20.2 Å². The van der Waals surface area contributed by atoms with Gasteiger partial charge in [0.05, 0.1) is 0 Å². The second-order valence-corrected chi connectivity index (χ2v) is 7.17. The van der Waals surface area contributed by atoms with Crippen LogP contribution in [0.5, 0.6) is 0 Å². The molecule has 0 aromatic carbocycles. The first-order valence-corrected chi connectivity index (χ1v) is 8.36. The number of halogens is 2. The van der Waals surface area contributed by atoms with Crippen LogP contribution >= 0.6 is 24.8 Å². The summed E-state index contributed by atoms with van der Waals surface area (Å²) < 4.78 is 0. The molecular formula is C16H32Cl2N6. The molecule has 0 saturated heterocycles. The minimum atomic E-state index is -0.368. The van der Waals surface area contributed by atoms with E-state index < -0.39 is 0 Å². The van der Waals surface area contributed by atoms with Crippen molar-refractivity contribution in [2.75, 3.05) is 13.1 Å². The first-order valence-electron chi connectivity index (χ1n) is 8.36. The van der Waals surface area contributed by atoms with Gasteiger partial charge in [-0.2, -0.15) is 10.2 Å². The number of nitrogens with one attached hydrogen (secondary N) is 2. The quantitative estimate of drug-likeness (QED) is 0.735. The van der Waals surface area contributed by atoms with Crippen LogP contribution in [0.2, 0.25) is 0 Å². The van der Waals surface area contributed by atoms with Gasteiger partial charge >= 0.3 is 0 Å². The molecule has 6 nitrogen and oxygen atoms in total. The number of aliphatic imine (C=N–C) groups is 2. The minimum absolute atomic E-state index is 0. The molecule has 0 bridgehead atoms. The summed E-state index contributed by atoms with van der Waals surface area (Å²) in [5.74, 6) is 0. The first-order chi connectivity index (χ1) is 10.4. The Hall–Kier alpha value is -0.560. The van der Waals surface area contributed by atoms with Crippen molar-refractivity contribution in [1.82, 2.24) is 10.6 Å². The van der Waals surface area contributed by atoms with Crippen LogP contribution < -0.4 is 10.6 Å². The third kappa shape index (κ3) is 6.75. The Morgan fingerprint density at radius 2 is 1.17 bits per heavy atom. The van der Waals surface area contributed by atoms with E-state index in [1.54, 1.807) is 0 Å². The molecule has 2 heterocycles. The molecule has 0 radical (unpaired) electrons. The molecule has 2 N–H and O–H groups in total. The third-order valence-electron chi connectivity index (χ3n) is 4.11. The highest BCUT2D eigenvalue weighted by Crippen LogP contribution is 2.23. The van der Waals surface area contributed by atoms with Crippen LogP contribution in [0, 0.1) is 0 Å². The SMILES string of the molecule is CC(C)(N=NC(C)(C)C1N=CCCCN1)C1N=CCCCN1.Cl.Cl. The van der Waals surface area contributed by atoms with Crippen molar-refractivity contribution in [3.05, 3.63) is 0 Å². The van der Waals surface area contributed by atoms with E-state index in [1.165, 1.54) is 0 Å². The maximum atomic E-state index is 4.63. The molecule has 0 amide bonds.